The van der Waals surface area contributed by atoms with E-state index in [0.717, 1.165) is 12.0 Å². The van der Waals surface area contributed by atoms with Gasteiger partial charge in [0.25, 0.3) is 0 Å². The molecule has 0 aromatic rings. The molecule has 0 saturated carbocycles. The van der Waals surface area contributed by atoms with Crippen molar-refractivity contribution in [1.82, 2.24) is 0 Å². The first-order chi connectivity index (χ1) is 22.6. The SMILES string of the molecule is CCOC(=O)/C=C(\C)[C@@H](O[Si](C(C)C)(C(C)C)C(C)C)[C@@H]1OC[C@H](C/C=C/[C@@H](C)[C@H](C)O[Si](C(C)C)(C(C)C)C(C)C)[C@H]2OC(C)(C)O[C@H]21. The normalized spacial score (nSPS) is 25.7. The number of hydrogen-bond donors (Lipinski definition) is 0. The van der Waals surface area contributed by atoms with Gasteiger partial charge in [0.15, 0.2) is 5.79 Å². The molecule has 2 saturated heterocycles. The average molecular weight is 725 g/mol. The number of carbonyl (C=O) groups is 1. The van der Waals surface area contributed by atoms with Crippen LogP contribution in [0.3, 0.4) is 0 Å². The highest BCUT2D eigenvalue weighted by Gasteiger charge is 2.56. The van der Waals surface area contributed by atoms with Crippen molar-refractivity contribution in [3.05, 3.63) is 23.8 Å². The smallest absolute Gasteiger partial charge is 0.330 e. The van der Waals surface area contributed by atoms with Crippen molar-refractivity contribution in [3.8, 4) is 0 Å². The molecule has 2 aliphatic rings. The number of allylic oxidation sites excluding steroid dienone is 1. The van der Waals surface area contributed by atoms with E-state index in [2.05, 4.69) is 109 Å². The minimum absolute atomic E-state index is 0.121. The van der Waals surface area contributed by atoms with Crippen LogP contribution in [0.15, 0.2) is 23.8 Å². The first-order valence-electron chi connectivity index (χ1n) is 19.4. The Morgan fingerprint density at radius 3 is 1.71 bits per heavy atom. The molecule has 2 rings (SSSR count). The number of carbonyl (C=O) groups excluding carboxylic acids is 1. The Bertz CT molecular complexity index is 1050. The van der Waals surface area contributed by atoms with Gasteiger partial charge in [-0.3, -0.25) is 0 Å². The van der Waals surface area contributed by atoms with Crippen molar-refractivity contribution in [3.63, 3.8) is 0 Å². The van der Waals surface area contributed by atoms with E-state index in [1.165, 1.54) is 0 Å². The highest BCUT2D eigenvalue weighted by Crippen LogP contribution is 2.47. The zero-order valence-electron chi connectivity index (χ0n) is 34.7. The molecule has 0 unspecified atom stereocenters. The van der Waals surface area contributed by atoms with Crippen LogP contribution in [0.5, 0.6) is 0 Å². The topological polar surface area (TPSA) is 72.5 Å². The van der Waals surface area contributed by atoms with Gasteiger partial charge in [0.2, 0.25) is 16.6 Å². The van der Waals surface area contributed by atoms with E-state index in [1.54, 1.807) is 6.08 Å². The van der Waals surface area contributed by atoms with Gasteiger partial charge in [0.05, 0.1) is 25.4 Å². The lowest BCUT2D eigenvalue weighted by Gasteiger charge is -2.48. The monoisotopic (exact) mass is 725 g/mol. The molecule has 9 heteroatoms. The Balaban J connectivity index is 2.40. The van der Waals surface area contributed by atoms with Crippen molar-refractivity contribution >= 4 is 22.6 Å². The van der Waals surface area contributed by atoms with E-state index in [0.29, 0.717) is 46.5 Å². The number of rotatable bonds is 18. The fourth-order valence-electron chi connectivity index (χ4n) is 9.28. The maximum Gasteiger partial charge on any atom is 0.330 e. The Morgan fingerprint density at radius 1 is 0.776 bits per heavy atom. The van der Waals surface area contributed by atoms with Gasteiger partial charge in [0, 0.05) is 18.1 Å². The van der Waals surface area contributed by atoms with Crippen LogP contribution in [0.4, 0.5) is 0 Å². The third-order valence-corrected chi connectivity index (χ3v) is 23.9. The van der Waals surface area contributed by atoms with Gasteiger partial charge in [-0.05, 0) is 85.8 Å². The maximum absolute atomic E-state index is 12.7. The van der Waals surface area contributed by atoms with Gasteiger partial charge in [-0.2, -0.15) is 0 Å². The van der Waals surface area contributed by atoms with E-state index in [4.69, 9.17) is 27.8 Å². The molecule has 2 heterocycles. The predicted octanol–water partition coefficient (Wildman–Crippen LogP) is 10.8. The third kappa shape index (κ3) is 10.2. The molecule has 0 aliphatic carbocycles. The van der Waals surface area contributed by atoms with E-state index < -0.39 is 34.6 Å². The molecule has 0 radical (unpaired) electrons. The van der Waals surface area contributed by atoms with E-state index in [9.17, 15) is 4.79 Å². The third-order valence-electron chi connectivity index (χ3n) is 11.6. The summed E-state index contributed by atoms with van der Waals surface area (Å²) in [4.78, 5) is 12.7. The van der Waals surface area contributed by atoms with Gasteiger partial charge in [0.1, 0.15) is 12.2 Å². The van der Waals surface area contributed by atoms with Crippen molar-refractivity contribution < 1.29 is 32.6 Å². The highest BCUT2D eigenvalue weighted by atomic mass is 28.4. The molecule has 0 N–H and O–H groups in total. The largest absolute Gasteiger partial charge is 0.463 e. The average Bonchev–Trinajstić information content (AvgIpc) is 3.30. The molecule has 0 amide bonds. The molecule has 286 valence electrons. The van der Waals surface area contributed by atoms with Crippen LogP contribution >= 0.6 is 0 Å². The summed E-state index contributed by atoms with van der Waals surface area (Å²) in [6.07, 6.45) is 5.76. The Kier molecular flexibility index (Phi) is 16.6. The molecule has 7 atom stereocenters. The standard InChI is InChI=1S/C40H76O7Si2/c1-19-42-35(41)23-32(15)36(47-49(28(8)9,29(10)11)30(12)13)38-39-37(44-40(17,18)45-39)34(24-43-38)22-20-21-31(14)33(16)46-48(25(2)3,26(4)5)27(6)7/h20-21,23,25-31,33-34,36-39H,19,22,24H2,1-18H3/b21-20+,32-23+/t31-,33+,34+,36-,37-,38+,39-/m1/s1. The quantitative estimate of drug-likeness (QED) is 0.0603. The van der Waals surface area contributed by atoms with E-state index in [-0.39, 0.29) is 36.1 Å². The number of esters is 1. The Morgan fingerprint density at radius 2 is 1.24 bits per heavy atom. The summed E-state index contributed by atoms with van der Waals surface area (Å²) in [5.74, 6) is -0.719. The minimum Gasteiger partial charge on any atom is -0.463 e. The number of hydrogen-bond acceptors (Lipinski definition) is 7. The zero-order chi connectivity index (χ0) is 37.6. The molecule has 0 spiro atoms. The summed E-state index contributed by atoms with van der Waals surface area (Å²) < 4.78 is 40.0. The van der Waals surface area contributed by atoms with Crippen LogP contribution in [-0.2, 0) is 32.6 Å². The van der Waals surface area contributed by atoms with Crippen molar-refractivity contribution in [2.75, 3.05) is 13.2 Å². The molecule has 0 aromatic carbocycles. The molecule has 2 aliphatic heterocycles. The van der Waals surface area contributed by atoms with Gasteiger partial charge >= 0.3 is 5.97 Å². The summed E-state index contributed by atoms with van der Waals surface area (Å²) in [5.41, 5.74) is 3.55. The van der Waals surface area contributed by atoms with Crippen LogP contribution in [0, 0.1) is 11.8 Å². The summed E-state index contributed by atoms with van der Waals surface area (Å²) in [6, 6.07) is 0. The van der Waals surface area contributed by atoms with E-state index in [1.807, 2.05) is 27.7 Å². The molecular weight excluding hydrogens is 649 g/mol. The first kappa shape index (κ1) is 44.3. The van der Waals surface area contributed by atoms with Crippen LogP contribution in [0.2, 0.25) is 33.2 Å². The Labute approximate surface area is 303 Å². The summed E-state index contributed by atoms with van der Waals surface area (Å²) >= 11 is 0. The zero-order valence-corrected chi connectivity index (χ0v) is 36.7. The fourth-order valence-corrected chi connectivity index (χ4v) is 20.5. The second-order valence-corrected chi connectivity index (χ2v) is 28.1. The van der Waals surface area contributed by atoms with Gasteiger partial charge < -0.3 is 27.8 Å². The van der Waals surface area contributed by atoms with Crippen molar-refractivity contribution in [1.29, 1.82) is 0 Å². The maximum atomic E-state index is 12.7. The van der Waals surface area contributed by atoms with Gasteiger partial charge in [-0.25, -0.2) is 4.79 Å². The number of ether oxygens (including phenoxy) is 4. The van der Waals surface area contributed by atoms with E-state index >= 15 is 0 Å². The molecule has 0 bridgehead atoms. The minimum atomic E-state index is -2.38. The molecule has 0 aromatic heterocycles. The van der Waals surface area contributed by atoms with Crippen LogP contribution in [-0.4, -0.2) is 72.1 Å². The van der Waals surface area contributed by atoms with Gasteiger partial charge in [-0.15, -0.1) is 0 Å². The molecule has 49 heavy (non-hydrogen) atoms. The summed E-state index contributed by atoms with van der Waals surface area (Å²) in [6.45, 7) is 40.9. The lowest BCUT2D eigenvalue weighted by atomic mass is 9.86. The second-order valence-electron chi connectivity index (χ2n) is 17.3. The number of fused-ring (bicyclic) bond motifs is 1. The first-order valence-corrected chi connectivity index (χ1v) is 23.7. The second kappa shape index (κ2) is 18.3. The van der Waals surface area contributed by atoms with Crippen LogP contribution < -0.4 is 0 Å². The van der Waals surface area contributed by atoms with Crippen molar-refractivity contribution in [2.45, 2.75) is 201 Å². The van der Waals surface area contributed by atoms with Crippen molar-refractivity contribution in [2.24, 2.45) is 11.8 Å². The summed E-state index contributed by atoms with van der Waals surface area (Å²) in [7, 11) is -4.35. The highest BCUT2D eigenvalue weighted by molar-refractivity contribution is 6.78. The molecule has 2 fully saturated rings. The van der Waals surface area contributed by atoms with Crippen LogP contribution in [0.25, 0.3) is 0 Å². The van der Waals surface area contributed by atoms with Gasteiger partial charge in [-0.1, -0.05) is 102 Å². The lowest BCUT2D eigenvalue weighted by molar-refractivity contribution is -0.164. The fraction of sp³-hybridized carbons (Fsp3) is 0.875. The summed E-state index contributed by atoms with van der Waals surface area (Å²) in [5, 5.41) is 0. The van der Waals surface area contributed by atoms with Crippen LogP contribution in [0.1, 0.15) is 131 Å². The Hall–Kier alpha value is -0.816. The lowest BCUT2D eigenvalue weighted by Crippen LogP contribution is -2.59. The predicted molar refractivity (Wildman–Crippen MR) is 208 cm³/mol. The molecular formula is C40H76O7Si2. The molecule has 7 nitrogen and oxygen atoms in total.